The zero-order chi connectivity index (χ0) is 19.6. The maximum atomic E-state index is 13.0. The smallest absolute Gasteiger partial charge is 0.295 e. The van der Waals surface area contributed by atoms with Crippen molar-refractivity contribution in [1.29, 1.82) is 0 Å². The van der Waals surface area contributed by atoms with Gasteiger partial charge in [0, 0.05) is 13.7 Å². The molecule has 0 aliphatic carbocycles. The Balaban J connectivity index is 2.06. The van der Waals surface area contributed by atoms with Gasteiger partial charge in [-0.1, -0.05) is 18.2 Å². The Morgan fingerprint density at radius 2 is 1.93 bits per heavy atom. The topological polar surface area (TPSA) is 91.0 Å². The third-order valence-corrected chi connectivity index (χ3v) is 4.50. The van der Waals surface area contributed by atoms with Gasteiger partial charge in [-0.05, 0) is 32.9 Å². The summed E-state index contributed by atoms with van der Waals surface area (Å²) in [5, 5.41) is 12.3. The molecule has 0 unspecified atom stereocenters. The lowest BCUT2D eigenvalue weighted by Gasteiger charge is -2.14. The van der Waals surface area contributed by atoms with Gasteiger partial charge in [-0.3, -0.25) is 9.59 Å². The number of hydrogen-bond acceptors (Lipinski definition) is 5. The molecular formula is C19H23N5O3. The van der Waals surface area contributed by atoms with E-state index in [-0.39, 0.29) is 11.5 Å². The summed E-state index contributed by atoms with van der Waals surface area (Å²) in [6.07, 6.45) is 0. The molecule has 0 bridgehead atoms. The second kappa shape index (κ2) is 7.71. The number of carbonyl (C=O) groups excluding carboxylic acids is 1. The molecule has 1 atom stereocenters. The summed E-state index contributed by atoms with van der Waals surface area (Å²) in [5.41, 5.74) is 2.27. The first kappa shape index (κ1) is 18.8. The Hall–Kier alpha value is -3.00. The minimum absolute atomic E-state index is 0.292. The average molecular weight is 369 g/mol. The Morgan fingerprint density at radius 3 is 2.59 bits per heavy atom. The highest BCUT2D eigenvalue weighted by atomic mass is 16.5. The Morgan fingerprint density at radius 1 is 1.22 bits per heavy atom. The molecule has 0 aliphatic heterocycles. The molecule has 2 aromatic heterocycles. The third-order valence-electron chi connectivity index (χ3n) is 4.50. The van der Waals surface area contributed by atoms with Crippen LogP contribution in [0.25, 0.3) is 16.6 Å². The maximum absolute atomic E-state index is 13.0. The number of para-hydroxylation sites is 1. The molecule has 8 nitrogen and oxygen atoms in total. The average Bonchev–Trinajstić information content (AvgIpc) is 3.03. The van der Waals surface area contributed by atoms with Gasteiger partial charge in [0.15, 0.2) is 5.52 Å². The number of ether oxygens (including phenoxy) is 1. The van der Waals surface area contributed by atoms with E-state index in [0.29, 0.717) is 29.7 Å². The van der Waals surface area contributed by atoms with Gasteiger partial charge in [-0.15, -0.1) is 0 Å². The van der Waals surface area contributed by atoms with Crippen molar-refractivity contribution in [2.45, 2.75) is 26.8 Å². The fourth-order valence-corrected chi connectivity index (χ4v) is 3.07. The predicted molar refractivity (Wildman–Crippen MR) is 102 cm³/mol. The zero-order valence-electron chi connectivity index (χ0n) is 15.9. The number of benzene rings is 1. The van der Waals surface area contributed by atoms with Gasteiger partial charge in [0.25, 0.3) is 5.56 Å². The number of rotatable bonds is 6. The van der Waals surface area contributed by atoms with Crippen LogP contribution >= 0.6 is 0 Å². The number of aromatic nitrogens is 4. The first-order valence-electron chi connectivity index (χ1n) is 8.76. The van der Waals surface area contributed by atoms with E-state index in [1.54, 1.807) is 18.7 Å². The summed E-state index contributed by atoms with van der Waals surface area (Å²) < 4.78 is 7.85. The van der Waals surface area contributed by atoms with Crippen molar-refractivity contribution in [3.05, 3.63) is 52.1 Å². The summed E-state index contributed by atoms with van der Waals surface area (Å²) in [6.45, 7) is 6.14. The first-order chi connectivity index (χ1) is 13.0. The summed E-state index contributed by atoms with van der Waals surface area (Å²) in [7, 11) is 1.56. The Bertz CT molecular complexity index is 1020. The summed E-state index contributed by atoms with van der Waals surface area (Å²) in [5.74, 6) is -0.292. The highest BCUT2D eigenvalue weighted by molar-refractivity contribution is 5.84. The predicted octanol–water partition coefficient (Wildman–Crippen LogP) is 1.52. The third kappa shape index (κ3) is 3.48. The lowest BCUT2D eigenvalue weighted by Crippen LogP contribution is -2.38. The number of aryl methyl sites for hydroxylation is 2. The molecule has 2 heterocycles. The van der Waals surface area contributed by atoms with Gasteiger partial charge in [0.2, 0.25) is 5.91 Å². The van der Waals surface area contributed by atoms with Crippen molar-refractivity contribution >= 4 is 16.8 Å². The number of carbonyl (C=O) groups is 1. The normalized spacial score (nSPS) is 12.3. The lowest BCUT2D eigenvalue weighted by atomic mass is 10.2. The van der Waals surface area contributed by atoms with Gasteiger partial charge in [-0.25, -0.2) is 9.36 Å². The van der Waals surface area contributed by atoms with Gasteiger partial charge < -0.3 is 10.1 Å². The van der Waals surface area contributed by atoms with Crippen LogP contribution < -0.4 is 10.9 Å². The number of amides is 1. The van der Waals surface area contributed by atoms with Crippen molar-refractivity contribution in [3.8, 4) is 5.69 Å². The van der Waals surface area contributed by atoms with Crippen LogP contribution in [0.4, 0.5) is 0 Å². The van der Waals surface area contributed by atoms with E-state index in [2.05, 4.69) is 15.5 Å². The molecule has 1 aromatic carbocycles. The quantitative estimate of drug-likeness (QED) is 0.665. The van der Waals surface area contributed by atoms with Crippen molar-refractivity contribution in [3.63, 3.8) is 0 Å². The van der Waals surface area contributed by atoms with Crippen LogP contribution in [0, 0.1) is 13.8 Å². The highest BCUT2D eigenvalue weighted by Gasteiger charge is 2.22. The zero-order valence-corrected chi connectivity index (χ0v) is 15.9. The molecule has 0 aliphatic rings. The lowest BCUT2D eigenvalue weighted by molar-refractivity contribution is -0.124. The van der Waals surface area contributed by atoms with Gasteiger partial charge in [0.05, 0.1) is 29.1 Å². The molecule has 8 heteroatoms. The van der Waals surface area contributed by atoms with Crippen LogP contribution in [-0.2, 0) is 9.53 Å². The largest absolute Gasteiger partial charge is 0.383 e. The number of methoxy groups -OCH3 is 1. The first-order valence-corrected chi connectivity index (χ1v) is 8.76. The van der Waals surface area contributed by atoms with Crippen LogP contribution in [0.2, 0.25) is 0 Å². The van der Waals surface area contributed by atoms with Gasteiger partial charge in [0.1, 0.15) is 6.04 Å². The van der Waals surface area contributed by atoms with Crippen LogP contribution in [0.15, 0.2) is 35.1 Å². The summed E-state index contributed by atoms with van der Waals surface area (Å²) in [4.78, 5) is 25.3. The van der Waals surface area contributed by atoms with Gasteiger partial charge >= 0.3 is 0 Å². The van der Waals surface area contributed by atoms with Crippen LogP contribution in [-0.4, -0.2) is 45.7 Å². The van der Waals surface area contributed by atoms with Crippen LogP contribution in [0.3, 0.4) is 0 Å². The fraction of sp³-hybridized carbons (Fsp3) is 0.368. The van der Waals surface area contributed by atoms with Crippen molar-refractivity contribution < 1.29 is 9.53 Å². The van der Waals surface area contributed by atoms with E-state index in [0.717, 1.165) is 11.4 Å². The molecule has 27 heavy (non-hydrogen) atoms. The number of nitrogens with one attached hydrogen (secondary N) is 1. The Labute approximate surface area is 156 Å². The molecule has 3 aromatic rings. The molecule has 0 saturated carbocycles. The van der Waals surface area contributed by atoms with E-state index < -0.39 is 6.04 Å². The molecule has 0 spiro atoms. The minimum atomic E-state index is -0.750. The molecule has 142 valence electrons. The van der Waals surface area contributed by atoms with Crippen molar-refractivity contribution in [1.82, 2.24) is 24.9 Å². The minimum Gasteiger partial charge on any atom is -0.383 e. The molecule has 0 saturated heterocycles. The summed E-state index contributed by atoms with van der Waals surface area (Å²) >= 11 is 0. The molecule has 0 fully saturated rings. The Kier molecular flexibility index (Phi) is 5.36. The maximum Gasteiger partial charge on any atom is 0.295 e. The van der Waals surface area contributed by atoms with E-state index in [1.165, 1.54) is 4.68 Å². The molecular weight excluding hydrogens is 346 g/mol. The standard InChI is InChI=1S/C19H23N5O3/c1-12-16-13(2)23(15-8-6-5-7-9-15)22-17(16)19(26)24(21-12)14(3)18(25)20-10-11-27-4/h5-9,14H,10-11H2,1-4H3,(H,20,25)/t14-/m0/s1. The number of hydrogen-bond donors (Lipinski definition) is 1. The molecule has 1 amide bonds. The highest BCUT2D eigenvalue weighted by Crippen LogP contribution is 2.21. The molecule has 0 radical (unpaired) electrons. The monoisotopic (exact) mass is 369 g/mol. The number of nitrogens with zero attached hydrogens (tertiary/aromatic N) is 4. The summed E-state index contributed by atoms with van der Waals surface area (Å²) in [6, 6.07) is 8.84. The van der Waals surface area contributed by atoms with Crippen molar-refractivity contribution in [2.24, 2.45) is 0 Å². The second-order valence-corrected chi connectivity index (χ2v) is 6.35. The van der Waals surface area contributed by atoms with Crippen molar-refractivity contribution in [2.75, 3.05) is 20.3 Å². The van der Waals surface area contributed by atoms with Crippen LogP contribution in [0.5, 0.6) is 0 Å². The van der Waals surface area contributed by atoms with E-state index in [4.69, 9.17) is 4.74 Å². The molecule has 3 rings (SSSR count). The second-order valence-electron chi connectivity index (χ2n) is 6.35. The SMILES string of the molecule is COCCNC(=O)[C@H](C)n1nc(C)c2c(C)n(-c3ccccc3)nc2c1=O. The fourth-order valence-electron chi connectivity index (χ4n) is 3.07. The number of fused-ring (bicyclic) bond motifs is 1. The molecule has 1 N–H and O–H groups in total. The van der Waals surface area contributed by atoms with E-state index >= 15 is 0 Å². The van der Waals surface area contributed by atoms with Gasteiger partial charge in [-0.2, -0.15) is 10.2 Å². The van der Waals surface area contributed by atoms with Crippen LogP contribution in [0.1, 0.15) is 24.4 Å². The van der Waals surface area contributed by atoms with E-state index in [9.17, 15) is 9.59 Å². The van der Waals surface area contributed by atoms with E-state index in [1.807, 2.05) is 44.2 Å².